The highest BCUT2D eigenvalue weighted by molar-refractivity contribution is 5.77. The van der Waals surface area contributed by atoms with Crippen molar-refractivity contribution >= 4 is 5.91 Å². The van der Waals surface area contributed by atoms with Gasteiger partial charge in [-0.25, -0.2) is 0 Å². The van der Waals surface area contributed by atoms with Crippen molar-refractivity contribution in [3.8, 4) is 5.75 Å². The van der Waals surface area contributed by atoms with Gasteiger partial charge in [-0.2, -0.15) is 0 Å². The lowest BCUT2D eigenvalue weighted by Gasteiger charge is -2.22. The van der Waals surface area contributed by atoms with Crippen LogP contribution >= 0.6 is 0 Å². The van der Waals surface area contributed by atoms with Gasteiger partial charge < -0.3 is 14.5 Å². The van der Waals surface area contributed by atoms with Crippen molar-refractivity contribution in [3.05, 3.63) is 54.5 Å². The molecule has 0 radical (unpaired) electrons. The van der Waals surface area contributed by atoms with Crippen molar-refractivity contribution in [2.45, 2.75) is 6.04 Å². The molecule has 5 heteroatoms. The van der Waals surface area contributed by atoms with Gasteiger partial charge in [0.15, 0.2) is 6.61 Å². The third-order valence-electron chi connectivity index (χ3n) is 3.10. The molecule has 2 aromatic rings. The second-order valence-electron chi connectivity index (χ2n) is 4.90. The predicted molar refractivity (Wildman–Crippen MR) is 80.1 cm³/mol. The summed E-state index contributed by atoms with van der Waals surface area (Å²) < 4.78 is 10.8. The number of carbonyl (C=O) groups is 1. The molecule has 2 rings (SSSR count). The summed E-state index contributed by atoms with van der Waals surface area (Å²) in [6.07, 6.45) is 1.63. The Hall–Kier alpha value is -2.27. The fraction of sp³-hybridized carbons (Fsp3) is 0.312. The van der Waals surface area contributed by atoms with E-state index in [1.807, 2.05) is 61.5 Å². The molecule has 1 heterocycles. The standard InChI is InChI=1S/C16H20N2O3/c1-18(2)14(15-9-6-10-20-15)11-17-16(19)12-21-13-7-4-3-5-8-13/h3-10,14H,11-12H2,1-2H3,(H,17,19). The highest BCUT2D eigenvalue weighted by Gasteiger charge is 2.17. The molecule has 112 valence electrons. The molecule has 0 spiro atoms. The van der Waals surface area contributed by atoms with Gasteiger partial charge in [0.2, 0.25) is 0 Å². The first-order valence-electron chi connectivity index (χ1n) is 6.81. The summed E-state index contributed by atoms with van der Waals surface area (Å²) in [6.45, 7) is 0.472. The topological polar surface area (TPSA) is 54.7 Å². The molecule has 0 aliphatic heterocycles. The van der Waals surface area contributed by atoms with Crippen LogP contribution in [0.1, 0.15) is 11.8 Å². The van der Waals surface area contributed by atoms with Gasteiger partial charge in [0.05, 0.1) is 12.3 Å². The van der Waals surface area contributed by atoms with Gasteiger partial charge in [0.25, 0.3) is 5.91 Å². The highest BCUT2D eigenvalue weighted by atomic mass is 16.5. The number of hydrogen-bond donors (Lipinski definition) is 1. The average Bonchev–Trinajstić information content (AvgIpc) is 3.00. The zero-order valence-corrected chi connectivity index (χ0v) is 12.3. The number of nitrogens with one attached hydrogen (secondary N) is 1. The lowest BCUT2D eigenvalue weighted by molar-refractivity contribution is -0.123. The normalized spacial score (nSPS) is 12.1. The van der Waals surface area contributed by atoms with E-state index in [4.69, 9.17) is 9.15 Å². The monoisotopic (exact) mass is 288 g/mol. The Morgan fingerprint density at radius 1 is 1.24 bits per heavy atom. The molecule has 0 saturated heterocycles. The van der Waals surface area contributed by atoms with Crippen LogP contribution in [0.3, 0.4) is 0 Å². The van der Waals surface area contributed by atoms with Crippen LogP contribution in [-0.2, 0) is 4.79 Å². The fourth-order valence-electron chi connectivity index (χ4n) is 1.95. The van der Waals surface area contributed by atoms with Crippen LogP contribution in [0.15, 0.2) is 53.1 Å². The van der Waals surface area contributed by atoms with Crippen LogP contribution in [0.5, 0.6) is 5.75 Å². The maximum atomic E-state index is 11.8. The summed E-state index contributed by atoms with van der Waals surface area (Å²) in [5.74, 6) is 1.35. The van der Waals surface area contributed by atoms with E-state index >= 15 is 0 Å². The quantitative estimate of drug-likeness (QED) is 0.847. The van der Waals surface area contributed by atoms with Gasteiger partial charge in [0, 0.05) is 6.54 Å². The summed E-state index contributed by atoms with van der Waals surface area (Å²) in [7, 11) is 3.89. The summed E-state index contributed by atoms with van der Waals surface area (Å²) in [5, 5.41) is 2.86. The molecule has 0 bridgehead atoms. The Morgan fingerprint density at radius 3 is 2.62 bits per heavy atom. The Labute approximate surface area is 124 Å². The number of amides is 1. The summed E-state index contributed by atoms with van der Waals surface area (Å²) in [6, 6.07) is 13.0. The van der Waals surface area contributed by atoms with Crippen LogP contribution in [-0.4, -0.2) is 38.1 Å². The zero-order chi connectivity index (χ0) is 15.1. The second kappa shape index (κ2) is 7.50. The van der Waals surface area contributed by atoms with Gasteiger partial charge >= 0.3 is 0 Å². The van der Waals surface area contributed by atoms with Gasteiger partial charge in [-0.3, -0.25) is 9.69 Å². The van der Waals surface area contributed by atoms with E-state index in [1.54, 1.807) is 6.26 Å². The first-order valence-corrected chi connectivity index (χ1v) is 6.81. The molecule has 1 unspecified atom stereocenters. The maximum absolute atomic E-state index is 11.8. The lowest BCUT2D eigenvalue weighted by Crippen LogP contribution is -2.36. The number of rotatable bonds is 7. The number of benzene rings is 1. The Kier molecular flexibility index (Phi) is 5.40. The predicted octanol–water partition coefficient (Wildman–Crippen LogP) is 2.08. The third kappa shape index (κ3) is 4.65. The zero-order valence-electron chi connectivity index (χ0n) is 12.3. The van der Waals surface area contributed by atoms with Crippen molar-refractivity contribution in [2.24, 2.45) is 0 Å². The molecule has 0 saturated carbocycles. The third-order valence-corrected chi connectivity index (χ3v) is 3.10. The highest BCUT2D eigenvalue weighted by Crippen LogP contribution is 2.17. The first-order chi connectivity index (χ1) is 10.2. The summed E-state index contributed by atoms with van der Waals surface area (Å²) in [5.41, 5.74) is 0. The van der Waals surface area contributed by atoms with Crippen molar-refractivity contribution in [1.82, 2.24) is 10.2 Å². The number of likely N-dealkylation sites (N-methyl/N-ethyl adjacent to an activating group) is 1. The summed E-state index contributed by atoms with van der Waals surface area (Å²) >= 11 is 0. The SMILES string of the molecule is CN(C)C(CNC(=O)COc1ccccc1)c1ccco1. The van der Waals surface area contributed by atoms with Gasteiger partial charge in [0.1, 0.15) is 11.5 Å². The van der Waals surface area contributed by atoms with E-state index in [-0.39, 0.29) is 18.6 Å². The number of nitrogens with zero attached hydrogens (tertiary/aromatic N) is 1. The van der Waals surface area contributed by atoms with Gasteiger partial charge in [-0.1, -0.05) is 18.2 Å². The van der Waals surface area contributed by atoms with E-state index in [2.05, 4.69) is 5.32 Å². The number of hydrogen-bond acceptors (Lipinski definition) is 4. The minimum atomic E-state index is -0.155. The Morgan fingerprint density at radius 2 is 2.00 bits per heavy atom. The number of ether oxygens (including phenoxy) is 1. The molecule has 1 aromatic carbocycles. The fourth-order valence-corrected chi connectivity index (χ4v) is 1.95. The molecule has 1 aromatic heterocycles. The van der Waals surface area contributed by atoms with E-state index in [0.717, 1.165) is 5.76 Å². The van der Waals surface area contributed by atoms with E-state index in [9.17, 15) is 4.79 Å². The largest absolute Gasteiger partial charge is 0.484 e. The number of carbonyl (C=O) groups excluding carboxylic acids is 1. The Balaban J connectivity index is 1.80. The van der Waals surface area contributed by atoms with Crippen molar-refractivity contribution < 1.29 is 13.9 Å². The molecule has 5 nitrogen and oxygen atoms in total. The van der Waals surface area contributed by atoms with Gasteiger partial charge in [-0.15, -0.1) is 0 Å². The minimum absolute atomic E-state index is 0.000625. The van der Waals surface area contributed by atoms with Crippen molar-refractivity contribution in [3.63, 3.8) is 0 Å². The molecule has 0 aliphatic carbocycles. The lowest BCUT2D eigenvalue weighted by atomic mass is 10.2. The van der Waals surface area contributed by atoms with Crippen LogP contribution in [0.4, 0.5) is 0 Å². The van der Waals surface area contributed by atoms with E-state index in [1.165, 1.54) is 0 Å². The molecule has 1 atom stereocenters. The van der Waals surface area contributed by atoms with Crippen LogP contribution in [0.25, 0.3) is 0 Å². The van der Waals surface area contributed by atoms with Crippen molar-refractivity contribution in [2.75, 3.05) is 27.2 Å². The smallest absolute Gasteiger partial charge is 0.258 e. The maximum Gasteiger partial charge on any atom is 0.258 e. The molecule has 21 heavy (non-hydrogen) atoms. The Bertz CT molecular complexity index is 538. The average molecular weight is 288 g/mol. The minimum Gasteiger partial charge on any atom is -0.484 e. The molecule has 0 fully saturated rings. The van der Waals surface area contributed by atoms with Crippen LogP contribution in [0, 0.1) is 0 Å². The summed E-state index contributed by atoms with van der Waals surface area (Å²) in [4.78, 5) is 13.8. The van der Waals surface area contributed by atoms with Crippen LogP contribution < -0.4 is 10.1 Å². The van der Waals surface area contributed by atoms with E-state index in [0.29, 0.717) is 12.3 Å². The number of furan rings is 1. The van der Waals surface area contributed by atoms with Gasteiger partial charge in [-0.05, 0) is 38.4 Å². The number of para-hydroxylation sites is 1. The molecule has 0 aliphatic rings. The molecule has 1 N–H and O–H groups in total. The van der Waals surface area contributed by atoms with E-state index < -0.39 is 0 Å². The molecular weight excluding hydrogens is 268 g/mol. The van der Waals surface area contributed by atoms with Crippen molar-refractivity contribution in [1.29, 1.82) is 0 Å². The van der Waals surface area contributed by atoms with Crippen LogP contribution in [0.2, 0.25) is 0 Å². The first kappa shape index (κ1) is 15.1. The molecular formula is C16H20N2O3. The molecule has 1 amide bonds. The second-order valence-corrected chi connectivity index (χ2v) is 4.90.